The number of benzene rings is 2. The minimum Gasteiger partial charge on any atom is -0.366 e. The summed E-state index contributed by atoms with van der Waals surface area (Å²) in [5.74, 6) is -0.368. The first-order valence-corrected chi connectivity index (χ1v) is 8.39. The van der Waals surface area contributed by atoms with Gasteiger partial charge in [-0.2, -0.15) is 0 Å². The Morgan fingerprint density at radius 1 is 0.917 bits per heavy atom. The number of nitrogens with one attached hydrogen (secondary N) is 1. The predicted octanol–water partition coefficient (Wildman–Crippen LogP) is 5.02. The Labute approximate surface area is 143 Å². The molecule has 1 amide bonds. The summed E-state index contributed by atoms with van der Waals surface area (Å²) in [5.41, 5.74) is 10.6. The number of fused-ring (bicyclic) bond motifs is 3. The summed E-state index contributed by atoms with van der Waals surface area (Å²) in [5, 5.41) is 2.01. The molecule has 0 radical (unpaired) electrons. The van der Waals surface area contributed by atoms with Gasteiger partial charge in [0.25, 0.3) is 0 Å². The van der Waals surface area contributed by atoms with Crippen LogP contribution < -0.4 is 5.73 Å². The number of carbonyl (C=O) groups excluding carboxylic acids is 1. The van der Waals surface area contributed by atoms with Gasteiger partial charge in [-0.1, -0.05) is 53.7 Å². The lowest BCUT2D eigenvalue weighted by molar-refractivity contribution is 0.1000. The van der Waals surface area contributed by atoms with Crippen molar-refractivity contribution in [1.82, 2.24) is 4.98 Å². The number of aromatic nitrogens is 1. The van der Waals surface area contributed by atoms with Crippen molar-refractivity contribution >= 4 is 27.7 Å². The maximum absolute atomic E-state index is 12.3. The summed E-state index contributed by atoms with van der Waals surface area (Å²) < 4.78 is 0. The minimum absolute atomic E-state index is 0.0479. The number of primary amides is 1. The Bertz CT molecular complexity index is 950. The van der Waals surface area contributed by atoms with Gasteiger partial charge in [0.2, 0.25) is 5.91 Å². The average molecular weight is 322 g/mol. The van der Waals surface area contributed by atoms with E-state index in [4.69, 9.17) is 5.73 Å². The van der Waals surface area contributed by atoms with Gasteiger partial charge < -0.3 is 10.7 Å². The number of carbonyl (C=O) groups is 1. The summed E-state index contributed by atoms with van der Waals surface area (Å²) in [4.78, 5) is 15.7. The van der Waals surface area contributed by atoms with E-state index in [1.807, 2.05) is 6.07 Å². The summed E-state index contributed by atoms with van der Waals surface area (Å²) in [6.45, 7) is 12.9. The van der Waals surface area contributed by atoms with Crippen molar-refractivity contribution in [2.75, 3.05) is 0 Å². The highest BCUT2D eigenvalue weighted by atomic mass is 16.1. The van der Waals surface area contributed by atoms with Crippen molar-refractivity contribution in [3.63, 3.8) is 0 Å². The van der Waals surface area contributed by atoms with E-state index < -0.39 is 0 Å². The van der Waals surface area contributed by atoms with Crippen molar-refractivity contribution in [1.29, 1.82) is 0 Å². The average Bonchev–Trinajstić information content (AvgIpc) is 2.81. The monoisotopic (exact) mass is 322 g/mol. The maximum atomic E-state index is 12.3. The molecule has 0 unspecified atom stereocenters. The third-order valence-corrected chi connectivity index (χ3v) is 4.68. The van der Waals surface area contributed by atoms with Gasteiger partial charge in [0, 0.05) is 21.8 Å². The van der Waals surface area contributed by atoms with Gasteiger partial charge in [-0.05, 0) is 40.2 Å². The van der Waals surface area contributed by atoms with Gasteiger partial charge >= 0.3 is 0 Å². The lowest BCUT2D eigenvalue weighted by atomic mass is 9.81. The lowest BCUT2D eigenvalue weighted by Crippen LogP contribution is -2.21. The number of rotatable bonds is 1. The first-order chi connectivity index (χ1) is 11.0. The molecule has 1 heterocycles. The molecular weight excluding hydrogens is 296 g/mol. The van der Waals surface area contributed by atoms with Crippen molar-refractivity contribution in [3.05, 3.63) is 47.0 Å². The molecule has 3 heteroatoms. The Morgan fingerprint density at radius 3 is 2.08 bits per heavy atom. The SMILES string of the molecule is CC(C)(C)c1ccc2[nH]c3ccc(C(C)(C)C)c(C(N)=O)c3c2c1. The number of amides is 1. The Hall–Kier alpha value is -2.29. The van der Waals surface area contributed by atoms with Crippen molar-refractivity contribution in [3.8, 4) is 0 Å². The second-order valence-corrected chi connectivity index (χ2v) is 8.66. The molecule has 0 saturated carbocycles. The molecule has 3 rings (SSSR count). The van der Waals surface area contributed by atoms with E-state index in [9.17, 15) is 4.79 Å². The molecule has 0 bridgehead atoms. The fourth-order valence-electron chi connectivity index (χ4n) is 3.34. The predicted molar refractivity (Wildman–Crippen MR) is 102 cm³/mol. The second kappa shape index (κ2) is 5.10. The fraction of sp³-hybridized carbons (Fsp3) is 0.381. The standard InChI is InChI=1S/C21H26N2O/c1-20(2,3)12-7-9-15-13(11-12)17-16(23-15)10-8-14(21(4,5)6)18(17)19(22)24/h7-11,23H,1-6H3,(H2,22,24). The first kappa shape index (κ1) is 16.6. The van der Waals surface area contributed by atoms with Gasteiger partial charge in [-0.25, -0.2) is 0 Å². The number of hydrogen-bond donors (Lipinski definition) is 2. The smallest absolute Gasteiger partial charge is 0.249 e. The van der Waals surface area contributed by atoms with E-state index in [1.54, 1.807) is 0 Å². The molecule has 3 N–H and O–H groups in total. The van der Waals surface area contributed by atoms with E-state index in [0.717, 1.165) is 27.4 Å². The first-order valence-electron chi connectivity index (χ1n) is 8.39. The number of nitrogens with two attached hydrogens (primary N) is 1. The number of H-pyrrole nitrogens is 1. The zero-order chi connectivity index (χ0) is 17.9. The highest BCUT2D eigenvalue weighted by Gasteiger charge is 2.25. The van der Waals surface area contributed by atoms with Crippen LogP contribution in [0, 0.1) is 0 Å². The molecule has 3 nitrogen and oxygen atoms in total. The molecule has 0 aliphatic carbocycles. The maximum Gasteiger partial charge on any atom is 0.249 e. The molecular formula is C21H26N2O. The van der Waals surface area contributed by atoms with Crippen LogP contribution in [0.5, 0.6) is 0 Å². The van der Waals surface area contributed by atoms with Crippen LogP contribution >= 0.6 is 0 Å². The molecule has 0 aliphatic heterocycles. The summed E-state index contributed by atoms with van der Waals surface area (Å²) in [6.07, 6.45) is 0. The minimum atomic E-state index is -0.368. The van der Waals surface area contributed by atoms with Crippen LogP contribution in [-0.4, -0.2) is 10.9 Å². The summed E-state index contributed by atoms with van der Waals surface area (Å²) in [7, 11) is 0. The van der Waals surface area contributed by atoms with Gasteiger partial charge in [0.1, 0.15) is 0 Å². The van der Waals surface area contributed by atoms with E-state index in [1.165, 1.54) is 5.56 Å². The molecule has 1 aromatic heterocycles. The molecule has 2 aromatic carbocycles. The molecule has 3 aromatic rings. The van der Waals surface area contributed by atoms with Crippen molar-refractivity contribution in [2.24, 2.45) is 5.73 Å². The van der Waals surface area contributed by atoms with Crippen LogP contribution in [0.1, 0.15) is 63.0 Å². The van der Waals surface area contributed by atoms with Crippen molar-refractivity contribution < 1.29 is 4.79 Å². The Morgan fingerprint density at radius 2 is 1.54 bits per heavy atom. The van der Waals surface area contributed by atoms with Crippen LogP contribution in [-0.2, 0) is 10.8 Å². The van der Waals surface area contributed by atoms with Crippen LogP contribution in [0.2, 0.25) is 0 Å². The zero-order valence-corrected chi connectivity index (χ0v) is 15.4. The molecule has 0 fully saturated rings. The highest BCUT2D eigenvalue weighted by Crippen LogP contribution is 2.37. The van der Waals surface area contributed by atoms with Crippen LogP contribution in [0.4, 0.5) is 0 Å². The number of hydrogen-bond acceptors (Lipinski definition) is 1. The fourth-order valence-corrected chi connectivity index (χ4v) is 3.34. The van der Waals surface area contributed by atoms with Crippen LogP contribution in [0.15, 0.2) is 30.3 Å². The number of aromatic amines is 1. The van der Waals surface area contributed by atoms with E-state index in [0.29, 0.717) is 5.56 Å². The lowest BCUT2D eigenvalue weighted by Gasteiger charge is -2.22. The normalized spacial score (nSPS) is 12.9. The highest BCUT2D eigenvalue weighted by molar-refractivity contribution is 6.18. The Balaban J connectivity index is 2.48. The molecule has 126 valence electrons. The van der Waals surface area contributed by atoms with Gasteiger partial charge in [-0.3, -0.25) is 4.79 Å². The topological polar surface area (TPSA) is 58.9 Å². The third kappa shape index (κ3) is 2.58. The van der Waals surface area contributed by atoms with Crippen molar-refractivity contribution in [2.45, 2.75) is 52.4 Å². The summed E-state index contributed by atoms with van der Waals surface area (Å²) in [6, 6.07) is 10.5. The summed E-state index contributed by atoms with van der Waals surface area (Å²) >= 11 is 0. The van der Waals surface area contributed by atoms with E-state index >= 15 is 0 Å². The molecule has 0 atom stereocenters. The molecule has 24 heavy (non-hydrogen) atoms. The Kier molecular flexibility index (Phi) is 3.52. The second-order valence-electron chi connectivity index (χ2n) is 8.66. The van der Waals surface area contributed by atoms with Gasteiger partial charge in [0.15, 0.2) is 0 Å². The zero-order valence-electron chi connectivity index (χ0n) is 15.4. The van der Waals surface area contributed by atoms with Crippen LogP contribution in [0.25, 0.3) is 21.8 Å². The van der Waals surface area contributed by atoms with Gasteiger partial charge in [-0.15, -0.1) is 0 Å². The largest absolute Gasteiger partial charge is 0.366 e. The van der Waals surface area contributed by atoms with E-state index in [2.05, 4.69) is 70.8 Å². The molecule has 0 spiro atoms. The molecule has 0 aliphatic rings. The molecule has 0 saturated heterocycles. The van der Waals surface area contributed by atoms with Crippen LogP contribution in [0.3, 0.4) is 0 Å². The van der Waals surface area contributed by atoms with Gasteiger partial charge in [0.05, 0.1) is 5.56 Å². The quantitative estimate of drug-likeness (QED) is 0.649. The van der Waals surface area contributed by atoms with E-state index in [-0.39, 0.29) is 16.7 Å². The third-order valence-electron chi connectivity index (χ3n) is 4.68.